The quantitative estimate of drug-likeness (QED) is 0.726. The van der Waals surface area contributed by atoms with Crippen LogP contribution >= 0.6 is 0 Å². The van der Waals surface area contributed by atoms with Gasteiger partial charge >= 0.3 is 0 Å². The van der Waals surface area contributed by atoms with Crippen molar-refractivity contribution in [2.75, 3.05) is 19.6 Å². The highest BCUT2D eigenvalue weighted by atomic mass is 16.5. The molecule has 1 aromatic carbocycles. The highest BCUT2D eigenvalue weighted by Crippen LogP contribution is 2.53. The molecule has 4 aliphatic heterocycles. The van der Waals surface area contributed by atoms with E-state index in [4.69, 9.17) is 4.74 Å². The van der Waals surface area contributed by atoms with Gasteiger partial charge in [-0.25, -0.2) is 0 Å². The summed E-state index contributed by atoms with van der Waals surface area (Å²) >= 11 is 0. The molecular formula is C24H28N2O3. The van der Waals surface area contributed by atoms with E-state index < -0.39 is 5.60 Å². The predicted octanol–water partition coefficient (Wildman–Crippen LogP) is 2.34. The molecule has 5 nitrogen and oxygen atoms in total. The van der Waals surface area contributed by atoms with E-state index in [9.17, 15) is 9.59 Å². The van der Waals surface area contributed by atoms with Gasteiger partial charge < -0.3 is 14.5 Å². The lowest BCUT2D eigenvalue weighted by Crippen LogP contribution is -2.47. The molecule has 1 spiro atoms. The standard InChI is InChI=1S/C24H28N2O3/c27-22(25-13-10-16-5-1-2-6-17(16)11-14-25)20-19-9-12-24(29-19)15-26(23(28)21(20)24)18-7-3-4-8-18/h1-2,5-6,9,12,18-21H,3-4,7-8,10-11,13-15H2/t19-,20-,21+,24-/m0/s1. The predicted molar refractivity (Wildman–Crippen MR) is 108 cm³/mol. The summed E-state index contributed by atoms with van der Waals surface area (Å²) in [6, 6.07) is 8.82. The summed E-state index contributed by atoms with van der Waals surface area (Å²) in [4.78, 5) is 31.1. The lowest BCUT2D eigenvalue weighted by Gasteiger charge is -2.30. The Labute approximate surface area is 171 Å². The van der Waals surface area contributed by atoms with Crippen LogP contribution < -0.4 is 0 Å². The second-order valence-electron chi connectivity index (χ2n) is 9.40. The zero-order chi connectivity index (χ0) is 19.6. The highest BCUT2D eigenvalue weighted by Gasteiger charge is 2.67. The van der Waals surface area contributed by atoms with E-state index in [1.54, 1.807) is 0 Å². The molecule has 0 unspecified atom stereocenters. The molecule has 3 fully saturated rings. The van der Waals surface area contributed by atoms with Gasteiger partial charge in [0.2, 0.25) is 11.8 Å². The molecule has 2 amide bonds. The fourth-order valence-corrected chi connectivity index (χ4v) is 6.43. The van der Waals surface area contributed by atoms with Crippen molar-refractivity contribution in [2.45, 2.75) is 56.3 Å². The topological polar surface area (TPSA) is 49.9 Å². The van der Waals surface area contributed by atoms with Crippen LogP contribution in [0.15, 0.2) is 36.4 Å². The minimum atomic E-state index is -0.570. The molecule has 0 radical (unpaired) electrons. The number of carbonyl (C=O) groups is 2. The van der Waals surface area contributed by atoms with Crippen molar-refractivity contribution in [3.8, 4) is 0 Å². The second kappa shape index (κ2) is 6.43. The largest absolute Gasteiger partial charge is 0.360 e. The maximum atomic E-state index is 13.6. The first-order chi connectivity index (χ1) is 14.2. The Bertz CT molecular complexity index is 863. The number of amides is 2. The summed E-state index contributed by atoms with van der Waals surface area (Å²) in [5, 5.41) is 0. The summed E-state index contributed by atoms with van der Waals surface area (Å²) in [5.41, 5.74) is 2.11. The molecule has 1 aliphatic carbocycles. The minimum Gasteiger partial charge on any atom is -0.360 e. The molecule has 152 valence electrons. The number of nitrogens with zero attached hydrogens (tertiary/aromatic N) is 2. The third-order valence-corrected chi connectivity index (χ3v) is 7.91. The normalized spacial score (nSPS) is 35.9. The molecule has 0 aromatic heterocycles. The van der Waals surface area contributed by atoms with Gasteiger partial charge in [0.05, 0.1) is 24.5 Å². The molecule has 4 atom stereocenters. The van der Waals surface area contributed by atoms with Gasteiger partial charge in [0.15, 0.2) is 0 Å². The van der Waals surface area contributed by atoms with Crippen molar-refractivity contribution < 1.29 is 14.3 Å². The average molecular weight is 392 g/mol. The van der Waals surface area contributed by atoms with Gasteiger partial charge in [0.25, 0.3) is 0 Å². The minimum absolute atomic E-state index is 0.112. The van der Waals surface area contributed by atoms with Gasteiger partial charge in [0, 0.05) is 19.1 Å². The van der Waals surface area contributed by atoms with Gasteiger partial charge in [-0.05, 0) is 36.8 Å². The summed E-state index contributed by atoms with van der Waals surface area (Å²) in [6.45, 7) is 2.08. The van der Waals surface area contributed by atoms with Crippen LogP contribution in [0, 0.1) is 11.8 Å². The monoisotopic (exact) mass is 392 g/mol. The van der Waals surface area contributed by atoms with Gasteiger partial charge in [0.1, 0.15) is 5.60 Å². The smallest absolute Gasteiger partial charge is 0.230 e. The molecule has 4 heterocycles. The van der Waals surface area contributed by atoms with Gasteiger partial charge in [-0.3, -0.25) is 9.59 Å². The average Bonchev–Trinajstić information content (AvgIpc) is 3.48. The van der Waals surface area contributed by atoms with Crippen molar-refractivity contribution in [2.24, 2.45) is 11.8 Å². The number of benzene rings is 1. The zero-order valence-electron chi connectivity index (χ0n) is 16.8. The van der Waals surface area contributed by atoms with Crippen LogP contribution in [0.1, 0.15) is 36.8 Å². The van der Waals surface area contributed by atoms with Crippen molar-refractivity contribution in [1.29, 1.82) is 0 Å². The lowest BCUT2D eigenvalue weighted by atomic mass is 9.76. The third-order valence-electron chi connectivity index (χ3n) is 7.91. The molecule has 29 heavy (non-hydrogen) atoms. The van der Waals surface area contributed by atoms with Crippen LogP contribution in [-0.2, 0) is 27.2 Å². The van der Waals surface area contributed by atoms with Crippen LogP contribution in [-0.4, -0.2) is 59.0 Å². The Morgan fingerprint density at radius 2 is 1.76 bits per heavy atom. The first-order valence-corrected chi connectivity index (χ1v) is 11.2. The van der Waals surface area contributed by atoms with E-state index in [1.165, 1.54) is 24.0 Å². The molecule has 1 aromatic rings. The molecule has 2 saturated heterocycles. The molecule has 2 bridgehead atoms. The number of hydrogen-bond donors (Lipinski definition) is 0. The van der Waals surface area contributed by atoms with E-state index >= 15 is 0 Å². The maximum absolute atomic E-state index is 13.6. The van der Waals surface area contributed by atoms with Crippen LogP contribution in [0.2, 0.25) is 0 Å². The van der Waals surface area contributed by atoms with Crippen molar-refractivity contribution >= 4 is 11.8 Å². The number of fused-ring (bicyclic) bond motifs is 2. The van der Waals surface area contributed by atoms with Gasteiger partial charge in [-0.2, -0.15) is 0 Å². The molecule has 1 saturated carbocycles. The second-order valence-corrected chi connectivity index (χ2v) is 9.40. The first kappa shape index (κ1) is 17.7. The maximum Gasteiger partial charge on any atom is 0.230 e. The van der Waals surface area contributed by atoms with Gasteiger partial charge in [-0.1, -0.05) is 49.3 Å². The number of hydrogen-bond acceptors (Lipinski definition) is 3. The first-order valence-electron chi connectivity index (χ1n) is 11.2. The Kier molecular flexibility index (Phi) is 3.92. The Balaban J connectivity index is 1.25. The Morgan fingerprint density at radius 3 is 2.45 bits per heavy atom. The van der Waals surface area contributed by atoms with E-state index in [0.29, 0.717) is 12.6 Å². The number of carbonyl (C=O) groups excluding carboxylic acids is 2. The van der Waals surface area contributed by atoms with E-state index in [-0.39, 0.29) is 29.8 Å². The SMILES string of the molecule is O=C([C@H]1[C@@H]2C=C[C@@]3(CN(C4CCCC4)C(=O)[C@@H]13)O2)N1CCc2ccccc2CC1. The van der Waals surface area contributed by atoms with E-state index in [1.807, 2.05) is 15.9 Å². The molecule has 5 heteroatoms. The molecule has 6 rings (SSSR count). The van der Waals surface area contributed by atoms with Crippen LogP contribution in [0.4, 0.5) is 0 Å². The van der Waals surface area contributed by atoms with Crippen molar-refractivity contribution in [1.82, 2.24) is 9.80 Å². The molecular weight excluding hydrogens is 364 g/mol. The van der Waals surface area contributed by atoms with Crippen molar-refractivity contribution in [3.05, 3.63) is 47.5 Å². The summed E-state index contributed by atoms with van der Waals surface area (Å²) in [7, 11) is 0. The number of likely N-dealkylation sites (tertiary alicyclic amines) is 1. The summed E-state index contributed by atoms with van der Waals surface area (Å²) in [6.07, 6.45) is 10.2. The Hall–Kier alpha value is -2.14. The van der Waals surface area contributed by atoms with E-state index in [2.05, 4.69) is 30.3 Å². The van der Waals surface area contributed by atoms with Crippen molar-refractivity contribution in [3.63, 3.8) is 0 Å². The highest BCUT2D eigenvalue weighted by molar-refractivity contribution is 5.93. The summed E-state index contributed by atoms with van der Waals surface area (Å²) in [5.74, 6) is -0.433. The van der Waals surface area contributed by atoms with Gasteiger partial charge in [-0.15, -0.1) is 0 Å². The van der Waals surface area contributed by atoms with Crippen LogP contribution in [0.3, 0.4) is 0 Å². The van der Waals surface area contributed by atoms with E-state index in [0.717, 1.165) is 38.8 Å². The van der Waals surface area contributed by atoms with Crippen LogP contribution in [0.5, 0.6) is 0 Å². The Morgan fingerprint density at radius 1 is 1.07 bits per heavy atom. The third kappa shape index (κ3) is 2.56. The lowest BCUT2D eigenvalue weighted by molar-refractivity contribution is -0.144. The zero-order valence-corrected chi connectivity index (χ0v) is 16.8. The number of rotatable bonds is 2. The van der Waals surface area contributed by atoms with Crippen LogP contribution in [0.25, 0.3) is 0 Å². The fraction of sp³-hybridized carbons (Fsp3) is 0.583. The summed E-state index contributed by atoms with van der Waals surface area (Å²) < 4.78 is 6.34. The number of ether oxygens (including phenoxy) is 1. The molecule has 0 N–H and O–H groups in total. The molecule has 5 aliphatic rings. The fourth-order valence-electron chi connectivity index (χ4n) is 6.43.